The molecular weight excluding hydrogens is 1240 g/mol. The maximum absolute atomic E-state index is 12.9. The molecule has 424 valence electrons. The molecule has 82 heavy (non-hydrogen) atoms. The zero-order valence-electron chi connectivity index (χ0n) is 39.5. The third kappa shape index (κ3) is 11.8. The lowest BCUT2D eigenvalue weighted by molar-refractivity contribution is 0.0686. The average Bonchev–Trinajstić information content (AvgIpc) is 1.83. The lowest BCUT2D eigenvalue weighted by atomic mass is 10.0. The fourth-order valence-corrected chi connectivity index (χ4v) is 11.4. The lowest BCUT2D eigenvalue weighted by Gasteiger charge is -2.14. The SMILES string of the molecule is Nc1c(N=Nc2ccc3cc(S(=O)(=O)O)c(N=Nc4ccc(S(=O)(=O)O)cc4C(=O)O)c(O)c3c2)cc(S(=O)(=O)O)c2cc(S(=O)(=O)O)c(N=Nc3ccc4cc(S(=O)(=O)O)c(/N=N\c5c(Cl)cc(Cl)cc5C(=O)O)c(O)c4c3)c(O)c12. The van der Waals surface area contributed by atoms with E-state index < -0.39 is 166 Å². The Morgan fingerprint density at radius 2 is 0.854 bits per heavy atom. The molecule has 8 aromatic carbocycles. The number of rotatable bonds is 15. The van der Waals surface area contributed by atoms with Crippen LogP contribution in [0.25, 0.3) is 32.3 Å². The van der Waals surface area contributed by atoms with Crippen molar-refractivity contribution < 1.29 is 100.0 Å². The topological polar surface area (TPSA) is 532 Å². The standard InChI is InChI=1S/C44H27Cl2N9O22S5/c45-18-9-26(44(61)62)36(27(46)10-18)52-55-38-32(81(72,73)74)8-17-2-4-20(12-23(17)41(38)57)49-53-39-33(82(75,76)77)14-25-30(79(66,67)68)15-29(35(47)34(25)42(39)58)51-48-19-3-1-16-7-31(80(69,70)71)37(40(56)22(16)11-19)54-50-28-6-5-21(78(63,64)65)13-24(28)43(59)60/h1-15,56-58H,47H2,(H,59,60)(H,61,62)(H,63,64,65)(H,66,67,68)(H,69,70,71)(H,72,73,74)(H,75,76,77)/b51-48?,53-49?,54-50?,55-52-. The molecule has 8 rings (SSSR count). The Morgan fingerprint density at radius 3 is 1.34 bits per heavy atom. The van der Waals surface area contributed by atoms with Crippen molar-refractivity contribution in [1.82, 2.24) is 0 Å². The summed E-state index contributed by atoms with van der Waals surface area (Å²) in [6, 6.07) is 12.9. The monoisotopic (exact) mass is 1260 g/mol. The van der Waals surface area contributed by atoms with E-state index in [1.54, 1.807) is 0 Å². The number of halogens is 2. The Hall–Kier alpha value is -8.79. The summed E-state index contributed by atoms with van der Waals surface area (Å²) in [6.45, 7) is 0. The van der Waals surface area contributed by atoms with Gasteiger partial charge < -0.3 is 31.3 Å². The molecule has 38 heteroatoms. The molecule has 0 saturated heterocycles. The number of phenolic OH excluding ortho intramolecular Hbond substituents is 3. The highest BCUT2D eigenvalue weighted by molar-refractivity contribution is 7.87. The van der Waals surface area contributed by atoms with E-state index in [-0.39, 0.29) is 43.0 Å². The van der Waals surface area contributed by atoms with Crippen LogP contribution in [0, 0.1) is 0 Å². The van der Waals surface area contributed by atoms with Crippen molar-refractivity contribution in [2.24, 2.45) is 40.9 Å². The zero-order valence-corrected chi connectivity index (χ0v) is 45.1. The number of phenols is 3. The van der Waals surface area contributed by atoms with Crippen molar-refractivity contribution in [2.75, 3.05) is 5.73 Å². The van der Waals surface area contributed by atoms with Crippen molar-refractivity contribution in [3.63, 3.8) is 0 Å². The highest BCUT2D eigenvalue weighted by Gasteiger charge is 2.30. The number of hydrogen-bond acceptors (Lipinski definition) is 24. The highest BCUT2D eigenvalue weighted by atomic mass is 35.5. The van der Waals surface area contributed by atoms with Gasteiger partial charge in [-0.3, -0.25) is 22.8 Å². The fourth-order valence-electron chi connectivity index (χ4n) is 7.66. The molecule has 0 unspecified atom stereocenters. The van der Waals surface area contributed by atoms with Crippen LogP contribution in [-0.4, -0.2) is 102 Å². The molecule has 0 aromatic heterocycles. The molecular formula is C44H27Cl2N9O22S5. The van der Waals surface area contributed by atoms with Crippen LogP contribution in [0.1, 0.15) is 20.7 Å². The lowest BCUT2D eigenvalue weighted by Crippen LogP contribution is -2.04. The first kappa shape index (κ1) is 59.3. The largest absolute Gasteiger partial charge is 0.505 e. The number of fused-ring (bicyclic) bond motifs is 3. The van der Waals surface area contributed by atoms with E-state index in [9.17, 15) is 100.0 Å². The van der Waals surface area contributed by atoms with Gasteiger partial charge >= 0.3 is 11.9 Å². The number of aromatic hydroxyl groups is 3. The van der Waals surface area contributed by atoms with Crippen LogP contribution in [0.15, 0.2) is 156 Å². The van der Waals surface area contributed by atoms with Gasteiger partial charge in [0.05, 0.1) is 43.5 Å². The molecule has 0 radical (unpaired) electrons. The van der Waals surface area contributed by atoms with Gasteiger partial charge in [-0.25, -0.2) is 9.59 Å². The van der Waals surface area contributed by atoms with Crippen LogP contribution in [0.5, 0.6) is 17.2 Å². The average molecular weight is 1260 g/mol. The van der Waals surface area contributed by atoms with Gasteiger partial charge in [0.2, 0.25) is 0 Å². The molecule has 0 aliphatic rings. The third-order valence-electron chi connectivity index (χ3n) is 11.3. The molecule has 0 aliphatic carbocycles. The van der Waals surface area contributed by atoms with Crippen LogP contribution < -0.4 is 5.73 Å². The van der Waals surface area contributed by atoms with E-state index in [1.165, 1.54) is 0 Å². The van der Waals surface area contributed by atoms with Crippen molar-refractivity contribution in [3.05, 3.63) is 112 Å². The Balaban J connectivity index is 1.24. The number of aromatic carboxylic acids is 2. The maximum atomic E-state index is 12.9. The Kier molecular flexibility index (Phi) is 15.4. The number of carbonyl (C=O) groups is 2. The molecule has 8 aromatic rings. The van der Waals surface area contributed by atoms with E-state index in [1.807, 2.05) is 0 Å². The third-order valence-corrected chi connectivity index (χ3v) is 16.2. The van der Waals surface area contributed by atoms with E-state index in [0.717, 1.165) is 72.8 Å². The van der Waals surface area contributed by atoms with E-state index in [0.29, 0.717) is 18.2 Å². The number of nitrogens with zero attached hydrogens (tertiary/aromatic N) is 8. The Bertz CT molecular complexity index is 4930. The summed E-state index contributed by atoms with van der Waals surface area (Å²) in [5.41, 5.74) is -1.60. The quantitative estimate of drug-likeness (QED) is 0.0258. The first-order valence-electron chi connectivity index (χ1n) is 21.3. The number of hydrogen-bond donors (Lipinski definition) is 11. The van der Waals surface area contributed by atoms with E-state index >= 15 is 0 Å². The second-order valence-electron chi connectivity index (χ2n) is 16.5. The summed E-state index contributed by atoms with van der Waals surface area (Å²) < 4.78 is 175. The van der Waals surface area contributed by atoms with Gasteiger partial charge in [0.1, 0.15) is 53.7 Å². The van der Waals surface area contributed by atoms with Crippen LogP contribution in [0.2, 0.25) is 10.0 Å². The highest BCUT2D eigenvalue weighted by Crippen LogP contribution is 2.50. The summed E-state index contributed by atoms with van der Waals surface area (Å²) in [4.78, 5) is 18.3. The van der Waals surface area contributed by atoms with Gasteiger partial charge in [0, 0.05) is 21.2 Å². The van der Waals surface area contributed by atoms with Crippen molar-refractivity contribution in [1.29, 1.82) is 0 Å². The molecule has 0 spiro atoms. The minimum Gasteiger partial charge on any atom is -0.505 e. The first-order chi connectivity index (χ1) is 37.9. The van der Waals surface area contributed by atoms with E-state index in [4.69, 9.17) is 28.9 Å². The number of azo groups is 4. The molecule has 0 heterocycles. The molecule has 0 bridgehead atoms. The second-order valence-corrected chi connectivity index (χ2v) is 24.3. The maximum Gasteiger partial charge on any atom is 0.338 e. The summed E-state index contributed by atoms with van der Waals surface area (Å²) in [6.07, 6.45) is 0. The van der Waals surface area contributed by atoms with Crippen molar-refractivity contribution >= 4 is 169 Å². The smallest absolute Gasteiger partial charge is 0.338 e. The number of carboxylic acid groups (broad SMARTS) is 2. The molecule has 0 saturated carbocycles. The fraction of sp³-hybridized carbons (Fsp3) is 0. The predicted octanol–water partition coefficient (Wildman–Crippen LogP) is 10.4. The minimum atomic E-state index is -5.56. The summed E-state index contributed by atoms with van der Waals surface area (Å²) in [5, 5.41) is 80.4. The summed E-state index contributed by atoms with van der Waals surface area (Å²) in [7, 11) is -26.5. The van der Waals surface area contributed by atoms with Gasteiger partial charge in [-0.2, -0.15) is 52.3 Å². The van der Waals surface area contributed by atoms with Crippen LogP contribution in [0.4, 0.5) is 51.2 Å². The molecule has 0 fully saturated rings. The van der Waals surface area contributed by atoms with E-state index in [2.05, 4.69) is 40.9 Å². The normalized spacial score (nSPS) is 13.0. The number of nitrogen functional groups attached to an aromatic ring is 1. The summed E-state index contributed by atoms with van der Waals surface area (Å²) >= 11 is 12.0. The van der Waals surface area contributed by atoms with Crippen LogP contribution >= 0.6 is 23.2 Å². The molecule has 0 aliphatic heterocycles. The Labute approximate surface area is 467 Å². The molecule has 0 atom stereocenters. The Morgan fingerprint density at radius 1 is 0.415 bits per heavy atom. The minimum absolute atomic E-state index is 0.138. The van der Waals surface area contributed by atoms with Crippen LogP contribution in [0.3, 0.4) is 0 Å². The number of anilines is 1. The number of carboxylic acids is 2. The molecule has 0 amide bonds. The van der Waals surface area contributed by atoms with Gasteiger partial charge in [-0.05, 0) is 89.6 Å². The zero-order chi connectivity index (χ0) is 60.5. The predicted molar refractivity (Wildman–Crippen MR) is 284 cm³/mol. The van der Waals surface area contributed by atoms with Gasteiger partial charge in [0.15, 0.2) is 17.2 Å². The first-order valence-corrected chi connectivity index (χ1v) is 29.3. The molecule has 12 N–H and O–H groups in total. The van der Waals surface area contributed by atoms with Crippen molar-refractivity contribution in [2.45, 2.75) is 24.5 Å². The summed E-state index contributed by atoms with van der Waals surface area (Å²) in [5.74, 6) is -6.85. The van der Waals surface area contributed by atoms with Crippen molar-refractivity contribution in [3.8, 4) is 17.2 Å². The second kappa shape index (κ2) is 21.3. The van der Waals surface area contributed by atoms with Gasteiger partial charge in [-0.15, -0.1) is 30.7 Å². The van der Waals surface area contributed by atoms with Gasteiger partial charge in [0.25, 0.3) is 50.6 Å². The number of benzene rings is 8. The molecule has 31 nitrogen and oxygen atoms in total. The van der Waals surface area contributed by atoms with Crippen LogP contribution in [-0.2, 0) is 50.6 Å². The van der Waals surface area contributed by atoms with Gasteiger partial charge in [-0.1, -0.05) is 35.3 Å². The number of nitrogens with two attached hydrogens (primary N) is 1.